The highest BCUT2D eigenvalue weighted by atomic mass is 16.5. The summed E-state index contributed by atoms with van der Waals surface area (Å²) in [4.78, 5) is 27.2. The molecule has 1 aromatic heterocycles. The Kier molecular flexibility index (Phi) is 4.26. The summed E-state index contributed by atoms with van der Waals surface area (Å²) in [6.45, 7) is 3.49. The van der Waals surface area contributed by atoms with Crippen molar-refractivity contribution in [1.29, 1.82) is 5.26 Å². The van der Waals surface area contributed by atoms with Crippen LogP contribution >= 0.6 is 0 Å². The Morgan fingerprint density at radius 1 is 1.35 bits per heavy atom. The number of aliphatic carboxylic acids is 1. The number of H-pyrrole nitrogens is 1. The van der Waals surface area contributed by atoms with Crippen molar-refractivity contribution < 1.29 is 14.6 Å². The van der Waals surface area contributed by atoms with Gasteiger partial charge in [0.05, 0.1) is 41.5 Å². The number of carboxylic acids is 1. The van der Waals surface area contributed by atoms with Crippen molar-refractivity contribution in [3.8, 4) is 11.8 Å². The molecule has 0 bridgehead atoms. The molecule has 0 fully saturated rings. The molecule has 1 unspecified atom stereocenters. The Labute approximate surface area is 149 Å². The van der Waals surface area contributed by atoms with Crippen LogP contribution in [0, 0.1) is 18.3 Å². The minimum absolute atomic E-state index is 0.0663. The predicted molar refractivity (Wildman–Crippen MR) is 95.3 cm³/mol. The summed E-state index contributed by atoms with van der Waals surface area (Å²) in [5.41, 5.74) is 2.75. The average Bonchev–Trinajstić information content (AvgIpc) is 2.63. The summed E-state index contributed by atoms with van der Waals surface area (Å²) in [6, 6.07) is 6.78. The van der Waals surface area contributed by atoms with Crippen molar-refractivity contribution >= 4 is 11.7 Å². The molecule has 132 valence electrons. The fourth-order valence-corrected chi connectivity index (χ4v) is 3.32. The lowest BCUT2D eigenvalue weighted by atomic mass is 9.80. The van der Waals surface area contributed by atoms with Gasteiger partial charge in [0.15, 0.2) is 0 Å². The summed E-state index contributed by atoms with van der Waals surface area (Å²) >= 11 is 0. The Morgan fingerprint density at radius 3 is 2.69 bits per heavy atom. The smallest absolute Gasteiger partial charge is 0.334 e. The van der Waals surface area contributed by atoms with Gasteiger partial charge in [-0.2, -0.15) is 5.26 Å². The number of fused-ring (bicyclic) bond motifs is 1. The van der Waals surface area contributed by atoms with Crippen LogP contribution in [0.15, 0.2) is 40.5 Å². The maximum Gasteiger partial charge on any atom is 0.334 e. The Bertz CT molecular complexity index is 1040. The maximum absolute atomic E-state index is 12.6. The summed E-state index contributed by atoms with van der Waals surface area (Å²) in [5.74, 6) is -1.59. The van der Waals surface area contributed by atoms with E-state index in [1.165, 1.54) is 13.2 Å². The third-order valence-electron chi connectivity index (χ3n) is 4.53. The number of methoxy groups -OCH3 is 1. The first kappa shape index (κ1) is 17.3. The number of aryl methyl sites for hydroxylation is 1. The second-order valence-electron chi connectivity index (χ2n) is 6.06. The number of aromatic nitrogens is 1. The number of ether oxygens (including phenoxy) is 1. The van der Waals surface area contributed by atoms with Crippen molar-refractivity contribution in [3.63, 3.8) is 0 Å². The van der Waals surface area contributed by atoms with Gasteiger partial charge in [-0.3, -0.25) is 4.79 Å². The first-order valence-corrected chi connectivity index (χ1v) is 7.90. The van der Waals surface area contributed by atoms with E-state index >= 15 is 0 Å². The summed E-state index contributed by atoms with van der Waals surface area (Å²) < 4.78 is 5.39. The van der Waals surface area contributed by atoms with Crippen LogP contribution in [-0.4, -0.2) is 23.2 Å². The Hall–Kier alpha value is -3.53. The number of carboxylic acid groups (broad SMARTS) is 1. The second kappa shape index (κ2) is 6.41. The molecule has 26 heavy (non-hydrogen) atoms. The largest absolute Gasteiger partial charge is 0.496 e. The number of carbonyl (C=O) groups is 1. The van der Waals surface area contributed by atoms with Gasteiger partial charge in [0, 0.05) is 17.5 Å². The monoisotopic (exact) mass is 351 g/mol. The van der Waals surface area contributed by atoms with Crippen LogP contribution < -0.4 is 15.6 Å². The minimum atomic E-state index is -1.13. The van der Waals surface area contributed by atoms with Crippen molar-refractivity contribution in [2.24, 2.45) is 0 Å². The number of hydrogen-bond donors (Lipinski definition) is 3. The molecule has 0 saturated heterocycles. The van der Waals surface area contributed by atoms with Crippen molar-refractivity contribution in [2.75, 3.05) is 12.4 Å². The van der Waals surface area contributed by atoms with Crippen molar-refractivity contribution in [1.82, 2.24) is 4.98 Å². The highest BCUT2D eigenvalue weighted by Gasteiger charge is 2.36. The first-order chi connectivity index (χ1) is 12.4. The lowest BCUT2D eigenvalue weighted by molar-refractivity contribution is -0.133. The molecule has 1 aromatic carbocycles. The molecule has 3 rings (SSSR count). The molecule has 3 N–H and O–H groups in total. The number of nitrogens with one attached hydrogen (secondary N) is 2. The van der Waals surface area contributed by atoms with E-state index in [1.54, 1.807) is 25.3 Å². The van der Waals surface area contributed by atoms with Gasteiger partial charge in [0.1, 0.15) is 5.75 Å². The highest BCUT2D eigenvalue weighted by Crippen LogP contribution is 2.44. The van der Waals surface area contributed by atoms with Crippen LogP contribution in [0.4, 0.5) is 5.69 Å². The molecule has 0 aliphatic carbocycles. The highest BCUT2D eigenvalue weighted by molar-refractivity contribution is 5.93. The lowest BCUT2D eigenvalue weighted by Crippen LogP contribution is -2.29. The van der Waals surface area contributed by atoms with Gasteiger partial charge in [-0.1, -0.05) is 6.07 Å². The van der Waals surface area contributed by atoms with E-state index in [1.807, 2.05) is 13.0 Å². The molecule has 1 aliphatic heterocycles. The van der Waals surface area contributed by atoms with E-state index in [4.69, 9.17) is 10.00 Å². The SMILES string of the molecule is COc1cc(C#N)ccc1C1C(C(=O)O)=C(C)Nc2c(C)c[nH]c(=O)c21. The van der Waals surface area contributed by atoms with Gasteiger partial charge < -0.3 is 20.1 Å². The summed E-state index contributed by atoms with van der Waals surface area (Å²) in [6.07, 6.45) is 1.58. The molecule has 2 heterocycles. The molecule has 1 atom stereocenters. The molecule has 0 spiro atoms. The number of pyridine rings is 1. The van der Waals surface area contributed by atoms with Crippen LogP contribution in [-0.2, 0) is 4.79 Å². The lowest BCUT2D eigenvalue weighted by Gasteiger charge is -2.30. The van der Waals surface area contributed by atoms with Gasteiger partial charge in [-0.25, -0.2) is 4.79 Å². The zero-order valence-electron chi connectivity index (χ0n) is 14.5. The van der Waals surface area contributed by atoms with E-state index in [9.17, 15) is 14.7 Å². The van der Waals surface area contributed by atoms with Crippen LogP contribution in [0.5, 0.6) is 5.75 Å². The molecule has 7 nitrogen and oxygen atoms in total. The zero-order chi connectivity index (χ0) is 19.0. The van der Waals surface area contributed by atoms with Gasteiger partial charge in [0.25, 0.3) is 5.56 Å². The third-order valence-corrected chi connectivity index (χ3v) is 4.53. The zero-order valence-corrected chi connectivity index (χ0v) is 14.5. The average molecular weight is 351 g/mol. The van der Waals surface area contributed by atoms with Crippen molar-refractivity contribution in [2.45, 2.75) is 19.8 Å². The summed E-state index contributed by atoms with van der Waals surface area (Å²) in [7, 11) is 1.44. The fraction of sp³-hybridized carbons (Fsp3) is 0.211. The maximum atomic E-state index is 12.6. The quantitative estimate of drug-likeness (QED) is 0.782. The van der Waals surface area contributed by atoms with Crippen molar-refractivity contribution in [3.05, 3.63) is 68.3 Å². The van der Waals surface area contributed by atoms with E-state index in [0.717, 1.165) is 5.56 Å². The van der Waals surface area contributed by atoms with Gasteiger partial charge in [-0.15, -0.1) is 0 Å². The molecule has 0 amide bonds. The number of nitriles is 1. The van der Waals surface area contributed by atoms with Gasteiger partial charge >= 0.3 is 5.97 Å². The van der Waals surface area contributed by atoms with Gasteiger partial charge in [-0.05, 0) is 31.5 Å². The van der Waals surface area contributed by atoms with E-state index in [-0.39, 0.29) is 11.1 Å². The van der Waals surface area contributed by atoms with Crippen LogP contribution in [0.2, 0.25) is 0 Å². The van der Waals surface area contributed by atoms with E-state index in [2.05, 4.69) is 10.3 Å². The van der Waals surface area contributed by atoms with E-state index < -0.39 is 11.9 Å². The second-order valence-corrected chi connectivity index (χ2v) is 6.06. The molecular formula is C19H17N3O4. The molecule has 0 saturated carbocycles. The third kappa shape index (κ3) is 2.62. The Balaban J connectivity index is 2.38. The molecule has 0 radical (unpaired) electrons. The fourth-order valence-electron chi connectivity index (χ4n) is 3.32. The van der Waals surface area contributed by atoms with Gasteiger partial charge in [0.2, 0.25) is 0 Å². The molecule has 1 aliphatic rings. The standard InChI is InChI=1S/C19H17N3O4/c1-9-8-21-18(23)16-15(14(19(24)25)10(2)22-17(9)16)12-5-4-11(7-20)6-13(12)26-3/h4-6,8,15,22H,1-3H3,(H,21,23)(H,24,25). The predicted octanol–water partition coefficient (Wildman–Crippen LogP) is 2.48. The number of allylic oxidation sites excluding steroid dienone is 1. The number of aromatic amines is 1. The number of hydrogen-bond acceptors (Lipinski definition) is 5. The van der Waals surface area contributed by atoms with E-state index in [0.29, 0.717) is 33.8 Å². The minimum Gasteiger partial charge on any atom is -0.496 e. The Morgan fingerprint density at radius 2 is 2.08 bits per heavy atom. The van der Waals surface area contributed by atoms with Crippen LogP contribution in [0.25, 0.3) is 0 Å². The topological polar surface area (TPSA) is 115 Å². The molecular weight excluding hydrogens is 334 g/mol. The molecule has 2 aromatic rings. The number of nitrogens with zero attached hydrogens (tertiary/aromatic N) is 1. The number of rotatable bonds is 3. The van der Waals surface area contributed by atoms with Crippen LogP contribution in [0.1, 0.15) is 35.1 Å². The summed E-state index contributed by atoms with van der Waals surface area (Å²) in [5, 5.41) is 21.9. The number of anilines is 1. The normalized spacial score (nSPS) is 15.7. The number of benzene rings is 1. The van der Waals surface area contributed by atoms with Crippen LogP contribution in [0.3, 0.4) is 0 Å². The molecule has 7 heteroatoms. The first-order valence-electron chi connectivity index (χ1n) is 7.90.